The van der Waals surface area contributed by atoms with Crippen LogP contribution in [0, 0.1) is 8.99 Å². The molecule has 0 atom stereocenters. The maximum absolute atomic E-state index is 12.0. The lowest BCUT2D eigenvalue weighted by molar-refractivity contribution is -0.123. The van der Waals surface area contributed by atoms with Gasteiger partial charge >= 0.3 is 0 Å². The Hall–Kier alpha value is -0.980. The molecule has 2 rings (SSSR count). The lowest BCUT2D eigenvalue weighted by Crippen LogP contribution is -2.28. The molecule has 0 fully saturated rings. The van der Waals surface area contributed by atoms with Crippen molar-refractivity contribution in [1.82, 2.24) is 0 Å². The molecule has 1 aromatic carbocycles. The average Bonchev–Trinajstić information content (AvgIpc) is 2.32. The smallest absolute Gasteiger partial charge is 0.229 e. The van der Waals surface area contributed by atoms with Crippen LogP contribution in [-0.4, -0.2) is 19.1 Å². The first kappa shape index (κ1) is 13.5. The Labute approximate surface area is 120 Å². The molecule has 0 saturated carbocycles. The molecule has 1 N–H and O–H groups in total. The minimum absolute atomic E-state index is 0.0166. The van der Waals surface area contributed by atoms with Crippen LogP contribution in [-0.2, 0) is 4.79 Å². The molecule has 0 radical (unpaired) electrons. The number of carbonyl (C=O) groups excluding carboxylic acids is 1. The van der Waals surface area contributed by atoms with Gasteiger partial charge in [0.05, 0.1) is 9.26 Å². The van der Waals surface area contributed by atoms with Crippen LogP contribution in [0.15, 0.2) is 12.1 Å². The van der Waals surface area contributed by atoms with Crippen LogP contribution in [0.4, 0.5) is 5.69 Å². The molecule has 4 nitrogen and oxygen atoms in total. The van der Waals surface area contributed by atoms with Crippen molar-refractivity contribution in [3.63, 3.8) is 0 Å². The summed E-state index contributed by atoms with van der Waals surface area (Å²) in [5, 5.41) is 2.92. The van der Waals surface area contributed by atoms with Crippen molar-refractivity contribution in [3.05, 3.63) is 15.7 Å². The minimum Gasteiger partial charge on any atom is -0.486 e. The largest absolute Gasteiger partial charge is 0.486 e. The van der Waals surface area contributed by atoms with Crippen molar-refractivity contribution in [1.29, 1.82) is 0 Å². The quantitative estimate of drug-likeness (QED) is 0.783. The number of ether oxygens (including phenoxy) is 2. The monoisotopic (exact) mass is 361 g/mol. The van der Waals surface area contributed by atoms with Gasteiger partial charge in [-0.05, 0) is 34.7 Å². The van der Waals surface area contributed by atoms with Gasteiger partial charge in [0, 0.05) is 5.41 Å². The SMILES string of the molecule is CC(C)(C)C(=O)Nc1ccc2c(c1I)OCCO2. The summed E-state index contributed by atoms with van der Waals surface area (Å²) in [6, 6.07) is 3.67. The molecule has 0 aromatic heterocycles. The molecule has 1 amide bonds. The van der Waals surface area contributed by atoms with Crippen LogP contribution in [0.5, 0.6) is 11.5 Å². The van der Waals surface area contributed by atoms with E-state index in [1.165, 1.54) is 0 Å². The van der Waals surface area contributed by atoms with Crippen LogP contribution >= 0.6 is 22.6 Å². The summed E-state index contributed by atoms with van der Waals surface area (Å²) in [6.45, 7) is 6.75. The number of hydrogen-bond donors (Lipinski definition) is 1. The summed E-state index contributed by atoms with van der Waals surface area (Å²) in [4.78, 5) is 12.0. The first-order valence-corrected chi connectivity index (χ1v) is 6.87. The fourth-order valence-electron chi connectivity index (χ4n) is 1.49. The number of fused-ring (bicyclic) bond motifs is 1. The second-order valence-electron chi connectivity index (χ2n) is 5.16. The molecule has 98 valence electrons. The Bertz CT molecular complexity index is 480. The lowest BCUT2D eigenvalue weighted by atomic mass is 9.95. The Morgan fingerprint density at radius 1 is 1.28 bits per heavy atom. The van der Waals surface area contributed by atoms with E-state index in [4.69, 9.17) is 9.47 Å². The van der Waals surface area contributed by atoms with Crippen molar-refractivity contribution in [2.45, 2.75) is 20.8 Å². The third-order valence-corrected chi connectivity index (χ3v) is 3.65. The maximum Gasteiger partial charge on any atom is 0.229 e. The van der Waals surface area contributed by atoms with E-state index < -0.39 is 5.41 Å². The van der Waals surface area contributed by atoms with E-state index in [1.54, 1.807) is 0 Å². The van der Waals surface area contributed by atoms with Gasteiger partial charge < -0.3 is 14.8 Å². The zero-order chi connectivity index (χ0) is 13.3. The van der Waals surface area contributed by atoms with Gasteiger partial charge in [0.2, 0.25) is 5.91 Å². The Balaban J connectivity index is 2.27. The van der Waals surface area contributed by atoms with E-state index in [-0.39, 0.29) is 5.91 Å². The third-order valence-electron chi connectivity index (χ3n) is 2.58. The molecule has 1 aliphatic heterocycles. The molecule has 0 aliphatic carbocycles. The van der Waals surface area contributed by atoms with Gasteiger partial charge in [-0.2, -0.15) is 0 Å². The van der Waals surface area contributed by atoms with Crippen molar-refractivity contribution < 1.29 is 14.3 Å². The Kier molecular flexibility index (Phi) is 3.70. The maximum atomic E-state index is 12.0. The van der Waals surface area contributed by atoms with Gasteiger partial charge in [-0.25, -0.2) is 0 Å². The Morgan fingerprint density at radius 3 is 2.61 bits per heavy atom. The number of carbonyl (C=O) groups is 1. The highest BCUT2D eigenvalue weighted by Gasteiger charge is 2.24. The lowest BCUT2D eigenvalue weighted by Gasteiger charge is -2.23. The zero-order valence-electron chi connectivity index (χ0n) is 10.7. The molecular formula is C13H16INO3. The summed E-state index contributed by atoms with van der Waals surface area (Å²) < 4.78 is 11.9. The van der Waals surface area contributed by atoms with Crippen LogP contribution in [0.1, 0.15) is 20.8 Å². The standard InChI is InChI=1S/C13H16INO3/c1-13(2,3)12(16)15-8-4-5-9-11(10(8)14)18-7-6-17-9/h4-5H,6-7H2,1-3H3,(H,15,16). The van der Waals surface area contributed by atoms with Crippen molar-refractivity contribution in [2.24, 2.45) is 5.41 Å². The number of amides is 1. The highest BCUT2D eigenvalue weighted by atomic mass is 127. The molecule has 0 bridgehead atoms. The molecular weight excluding hydrogens is 345 g/mol. The number of hydrogen-bond acceptors (Lipinski definition) is 3. The van der Waals surface area contributed by atoms with Gasteiger partial charge in [-0.1, -0.05) is 20.8 Å². The molecule has 1 aliphatic rings. The normalized spacial score (nSPS) is 14.2. The second kappa shape index (κ2) is 4.95. The average molecular weight is 361 g/mol. The van der Waals surface area contributed by atoms with E-state index in [0.29, 0.717) is 19.0 Å². The van der Waals surface area contributed by atoms with Gasteiger partial charge in [0.1, 0.15) is 13.2 Å². The van der Waals surface area contributed by atoms with E-state index in [9.17, 15) is 4.79 Å². The van der Waals surface area contributed by atoms with Gasteiger partial charge in [0.25, 0.3) is 0 Å². The van der Waals surface area contributed by atoms with Gasteiger partial charge in [-0.3, -0.25) is 4.79 Å². The summed E-state index contributed by atoms with van der Waals surface area (Å²) in [7, 11) is 0. The third kappa shape index (κ3) is 2.71. The summed E-state index contributed by atoms with van der Waals surface area (Å²) >= 11 is 2.17. The molecule has 5 heteroatoms. The first-order chi connectivity index (χ1) is 8.39. The predicted octanol–water partition coefficient (Wildman–Crippen LogP) is 3.05. The zero-order valence-corrected chi connectivity index (χ0v) is 12.8. The number of nitrogens with one attached hydrogen (secondary N) is 1. The predicted molar refractivity (Wildman–Crippen MR) is 78.2 cm³/mol. The van der Waals surface area contributed by atoms with E-state index in [1.807, 2.05) is 32.9 Å². The fourth-order valence-corrected chi connectivity index (χ4v) is 2.22. The van der Waals surface area contributed by atoms with Crippen molar-refractivity contribution in [2.75, 3.05) is 18.5 Å². The highest BCUT2D eigenvalue weighted by Crippen LogP contribution is 2.39. The topological polar surface area (TPSA) is 47.6 Å². The number of halogens is 1. The minimum atomic E-state index is -0.420. The van der Waals surface area contributed by atoms with E-state index in [0.717, 1.165) is 15.0 Å². The molecule has 0 saturated heterocycles. The van der Waals surface area contributed by atoms with E-state index in [2.05, 4.69) is 27.9 Å². The fraction of sp³-hybridized carbons (Fsp3) is 0.462. The summed E-state index contributed by atoms with van der Waals surface area (Å²) in [6.07, 6.45) is 0. The van der Waals surface area contributed by atoms with Crippen molar-refractivity contribution >= 4 is 34.2 Å². The van der Waals surface area contributed by atoms with Gasteiger partial charge in [0.15, 0.2) is 11.5 Å². The molecule has 0 spiro atoms. The first-order valence-electron chi connectivity index (χ1n) is 5.79. The van der Waals surface area contributed by atoms with Crippen molar-refractivity contribution in [3.8, 4) is 11.5 Å². The molecule has 1 heterocycles. The number of anilines is 1. The highest BCUT2D eigenvalue weighted by molar-refractivity contribution is 14.1. The molecule has 0 unspecified atom stereocenters. The summed E-state index contributed by atoms with van der Waals surface area (Å²) in [5.74, 6) is 1.44. The van der Waals surface area contributed by atoms with E-state index >= 15 is 0 Å². The van der Waals surface area contributed by atoms with Crippen LogP contribution in [0.2, 0.25) is 0 Å². The Morgan fingerprint density at radius 2 is 1.94 bits per heavy atom. The van der Waals surface area contributed by atoms with Crippen LogP contribution in [0.3, 0.4) is 0 Å². The van der Waals surface area contributed by atoms with Crippen LogP contribution in [0.25, 0.3) is 0 Å². The number of benzene rings is 1. The second-order valence-corrected chi connectivity index (χ2v) is 6.23. The van der Waals surface area contributed by atoms with Gasteiger partial charge in [-0.15, -0.1) is 0 Å². The number of rotatable bonds is 1. The molecule has 18 heavy (non-hydrogen) atoms. The molecule has 1 aromatic rings. The van der Waals surface area contributed by atoms with Crippen LogP contribution < -0.4 is 14.8 Å². The summed E-state index contributed by atoms with van der Waals surface area (Å²) in [5.41, 5.74) is 0.343.